The molecule has 3 aromatic rings. The lowest BCUT2D eigenvalue weighted by molar-refractivity contribution is 0.0930. The minimum absolute atomic E-state index is 0.0664. The molecule has 2 aliphatic rings. The Kier molecular flexibility index (Phi) is 4.98. The average molecular weight is 414 g/mol. The molecule has 1 saturated carbocycles. The summed E-state index contributed by atoms with van der Waals surface area (Å²) in [6.45, 7) is 7.56. The zero-order valence-electron chi connectivity index (χ0n) is 17.8. The molecule has 31 heavy (non-hydrogen) atoms. The number of pyridine rings is 1. The number of aryl methyl sites for hydroxylation is 1. The van der Waals surface area contributed by atoms with Gasteiger partial charge in [0.1, 0.15) is 12.4 Å². The summed E-state index contributed by atoms with van der Waals surface area (Å²) in [5.41, 5.74) is 4.28. The van der Waals surface area contributed by atoms with Crippen molar-refractivity contribution in [2.24, 2.45) is 0 Å². The van der Waals surface area contributed by atoms with Crippen LogP contribution in [0.1, 0.15) is 46.3 Å². The number of hydrogen-bond acceptors (Lipinski definition) is 4. The van der Waals surface area contributed by atoms with Crippen LogP contribution in [-0.2, 0) is 5.54 Å². The number of hydrogen-bond donors (Lipinski definition) is 2. The molecule has 2 N–H and O–H groups in total. The summed E-state index contributed by atoms with van der Waals surface area (Å²) in [4.78, 5) is 17.8. The van der Waals surface area contributed by atoms with Gasteiger partial charge in [0.05, 0.1) is 11.1 Å². The SMILES string of the molecule is C=Cc1cc(C2(NC(=O)c3cc(OCC4CCN4)ccc3C)CC2)c2cccnc2c1. The molecule has 1 saturated heterocycles. The molecule has 2 aromatic carbocycles. The molecule has 1 unspecified atom stereocenters. The molecular formula is C26H27N3O2. The molecule has 2 fully saturated rings. The van der Waals surface area contributed by atoms with E-state index in [2.05, 4.69) is 34.3 Å². The molecule has 0 bridgehead atoms. The lowest BCUT2D eigenvalue weighted by Crippen LogP contribution is -2.46. The van der Waals surface area contributed by atoms with Gasteiger partial charge in [-0.3, -0.25) is 9.78 Å². The number of benzene rings is 2. The smallest absolute Gasteiger partial charge is 0.252 e. The molecule has 2 heterocycles. The third-order valence-electron chi connectivity index (χ3n) is 6.43. The predicted octanol–water partition coefficient (Wildman–Crippen LogP) is 4.35. The molecule has 1 aromatic heterocycles. The summed E-state index contributed by atoms with van der Waals surface area (Å²) >= 11 is 0. The first-order valence-corrected chi connectivity index (χ1v) is 10.9. The average Bonchev–Trinajstić information content (AvgIpc) is 3.53. The highest BCUT2D eigenvalue weighted by Gasteiger charge is 2.47. The predicted molar refractivity (Wildman–Crippen MR) is 123 cm³/mol. The molecule has 1 aliphatic heterocycles. The van der Waals surface area contributed by atoms with E-state index in [1.165, 1.54) is 0 Å². The van der Waals surface area contributed by atoms with E-state index in [1.54, 1.807) is 6.20 Å². The molecule has 1 aliphatic carbocycles. The lowest BCUT2D eigenvalue weighted by Gasteiger charge is -2.27. The van der Waals surface area contributed by atoms with Crippen molar-refractivity contribution >= 4 is 22.9 Å². The maximum Gasteiger partial charge on any atom is 0.252 e. The minimum atomic E-state index is -0.365. The Morgan fingerprint density at radius 1 is 1.32 bits per heavy atom. The van der Waals surface area contributed by atoms with Gasteiger partial charge in [-0.1, -0.05) is 24.8 Å². The summed E-state index contributed by atoms with van der Waals surface area (Å²) in [6.07, 6.45) is 6.58. The summed E-state index contributed by atoms with van der Waals surface area (Å²) < 4.78 is 5.91. The van der Waals surface area contributed by atoms with Crippen LogP contribution < -0.4 is 15.4 Å². The maximum absolute atomic E-state index is 13.3. The summed E-state index contributed by atoms with van der Waals surface area (Å²) in [5.74, 6) is 0.667. The summed E-state index contributed by atoms with van der Waals surface area (Å²) in [5, 5.41) is 7.74. The topological polar surface area (TPSA) is 63.2 Å². The van der Waals surface area contributed by atoms with Gasteiger partial charge in [0, 0.05) is 23.2 Å². The van der Waals surface area contributed by atoms with E-state index in [4.69, 9.17) is 4.74 Å². The van der Waals surface area contributed by atoms with Gasteiger partial charge in [0.25, 0.3) is 5.91 Å². The van der Waals surface area contributed by atoms with Gasteiger partial charge in [0.2, 0.25) is 0 Å². The van der Waals surface area contributed by atoms with Crippen molar-refractivity contribution in [3.63, 3.8) is 0 Å². The highest BCUT2D eigenvalue weighted by atomic mass is 16.5. The van der Waals surface area contributed by atoms with E-state index < -0.39 is 0 Å². The van der Waals surface area contributed by atoms with Crippen LogP contribution in [-0.4, -0.2) is 30.1 Å². The van der Waals surface area contributed by atoms with Gasteiger partial charge in [-0.05, 0) is 79.8 Å². The van der Waals surface area contributed by atoms with Gasteiger partial charge >= 0.3 is 0 Å². The number of ether oxygens (including phenoxy) is 1. The van der Waals surface area contributed by atoms with E-state index in [0.717, 1.165) is 59.2 Å². The van der Waals surface area contributed by atoms with Crippen LogP contribution in [0.25, 0.3) is 17.0 Å². The molecule has 1 amide bonds. The number of carbonyl (C=O) groups is 1. The first-order valence-electron chi connectivity index (χ1n) is 10.9. The summed E-state index contributed by atoms with van der Waals surface area (Å²) in [7, 11) is 0. The lowest BCUT2D eigenvalue weighted by atomic mass is 9.95. The number of carbonyl (C=O) groups excluding carboxylic acids is 1. The zero-order chi connectivity index (χ0) is 21.4. The van der Waals surface area contributed by atoms with Gasteiger partial charge < -0.3 is 15.4 Å². The zero-order valence-corrected chi connectivity index (χ0v) is 17.8. The Bertz CT molecular complexity index is 1160. The fourth-order valence-electron chi connectivity index (χ4n) is 4.21. The molecule has 0 spiro atoms. The molecule has 0 radical (unpaired) electrons. The Morgan fingerprint density at radius 2 is 2.16 bits per heavy atom. The first-order chi connectivity index (χ1) is 15.1. The van der Waals surface area contributed by atoms with Crippen LogP contribution in [0.4, 0.5) is 0 Å². The van der Waals surface area contributed by atoms with Crippen molar-refractivity contribution in [1.82, 2.24) is 15.6 Å². The Labute approximate surface area is 182 Å². The van der Waals surface area contributed by atoms with Crippen LogP contribution in [0.15, 0.2) is 55.2 Å². The fourth-order valence-corrected chi connectivity index (χ4v) is 4.21. The molecule has 5 heteroatoms. The monoisotopic (exact) mass is 413 g/mol. The normalized spacial score (nSPS) is 18.8. The van der Waals surface area contributed by atoms with Gasteiger partial charge in [-0.2, -0.15) is 0 Å². The van der Waals surface area contributed by atoms with Crippen molar-refractivity contribution in [1.29, 1.82) is 0 Å². The molecular weight excluding hydrogens is 386 g/mol. The maximum atomic E-state index is 13.3. The molecule has 5 nitrogen and oxygen atoms in total. The van der Waals surface area contributed by atoms with Crippen molar-refractivity contribution in [3.8, 4) is 5.75 Å². The van der Waals surface area contributed by atoms with Crippen LogP contribution >= 0.6 is 0 Å². The van der Waals surface area contributed by atoms with Gasteiger partial charge in [-0.25, -0.2) is 0 Å². The third kappa shape index (κ3) is 3.81. The fraction of sp³-hybridized carbons (Fsp3) is 0.308. The van der Waals surface area contributed by atoms with Crippen molar-refractivity contribution < 1.29 is 9.53 Å². The van der Waals surface area contributed by atoms with E-state index >= 15 is 0 Å². The number of aromatic nitrogens is 1. The Balaban J connectivity index is 1.42. The number of nitrogens with zero attached hydrogens (tertiary/aromatic N) is 1. The van der Waals surface area contributed by atoms with E-state index in [0.29, 0.717) is 18.2 Å². The number of rotatable bonds is 7. The van der Waals surface area contributed by atoms with Crippen molar-refractivity contribution in [2.75, 3.05) is 13.2 Å². The second-order valence-corrected chi connectivity index (χ2v) is 8.61. The van der Waals surface area contributed by atoms with Crippen LogP contribution in [0.2, 0.25) is 0 Å². The number of fused-ring (bicyclic) bond motifs is 1. The van der Waals surface area contributed by atoms with Crippen molar-refractivity contribution in [2.45, 2.75) is 37.8 Å². The van der Waals surface area contributed by atoms with E-state index in [-0.39, 0.29) is 11.4 Å². The van der Waals surface area contributed by atoms with E-state index in [1.807, 2.05) is 43.3 Å². The highest BCUT2D eigenvalue weighted by Crippen LogP contribution is 2.48. The first kappa shape index (κ1) is 19.8. The Hall–Kier alpha value is -3.18. The van der Waals surface area contributed by atoms with E-state index in [9.17, 15) is 4.79 Å². The van der Waals surface area contributed by atoms with Crippen LogP contribution in [0, 0.1) is 6.92 Å². The molecule has 5 rings (SSSR count). The summed E-state index contributed by atoms with van der Waals surface area (Å²) in [6, 6.07) is 14.3. The second-order valence-electron chi connectivity index (χ2n) is 8.61. The molecule has 158 valence electrons. The van der Waals surface area contributed by atoms with Gasteiger partial charge in [-0.15, -0.1) is 0 Å². The number of nitrogens with one attached hydrogen (secondary N) is 2. The molecule has 1 atom stereocenters. The van der Waals surface area contributed by atoms with Crippen LogP contribution in [0.3, 0.4) is 0 Å². The minimum Gasteiger partial charge on any atom is -0.492 e. The van der Waals surface area contributed by atoms with Crippen LogP contribution in [0.5, 0.6) is 5.75 Å². The third-order valence-corrected chi connectivity index (χ3v) is 6.43. The standard InChI is InChI=1S/C26H27N3O2/c1-3-18-13-23(21-5-4-11-28-24(21)14-18)26(9-10-26)29-25(30)22-15-20(7-6-17(22)2)31-16-19-8-12-27-19/h3-7,11,13-15,19,27H,1,8-10,12,16H2,2H3,(H,29,30). The number of amides is 1. The second kappa shape index (κ2) is 7.82. The quantitative estimate of drug-likeness (QED) is 0.605. The van der Waals surface area contributed by atoms with Crippen molar-refractivity contribution in [3.05, 3.63) is 77.5 Å². The van der Waals surface area contributed by atoms with Gasteiger partial charge in [0.15, 0.2) is 0 Å². The highest BCUT2D eigenvalue weighted by molar-refractivity contribution is 5.97. The Morgan fingerprint density at radius 3 is 2.87 bits per heavy atom. The largest absolute Gasteiger partial charge is 0.492 e.